The third-order valence-electron chi connectivity index (χ3n) is 5.56. The number of piperidine rings is 1. The molecule has 2 amide bonds. The fraction of sp³-hybridized carbons (Fsp3) is 0.409. The minimum atomic E-state index is -0.569. The number of benzene rings is 1. The summed E-state index contributed by atoms with van der Waals surface area (Å²) in [6, 6.07) is 8.26. The minimum absolute atomic E-state index is 0.206. The van der Waals surface area contributed by atoms with Crippen molar-refractivity contribution in [3.63, 3.8) is 0 Å². The number of hydrogen-bond donors (Lipinski definition) is 2. The van der Waals surface area contributed by atoms with E-state index in [1.807, 2.05) is 12.1 Å². The molecule has 2 aliphatic rings. The summed E-state index contributed by atoms with van der Waals surface area (Å²) >= 11 is 0. The highest BCUT2D eigenvalue weighted by Crippen LogP contribution is 2.30. The highest BCUT2D eigenvalue weighted by atomic mass is 19.1. The molecule has 0 aliphatic carbocycles. The molecule has 1 aromatic carbocycles. The molecule has 4 rings (SSSR count). The van der Waals surface area contributed by atoms with Crippen molar-refractivity contribution in [2.24, 2.45) is 0 Å². The van der Waals surface area contributed by atoms with Crippen LogP contribution in [0.3, 0.4) is 0 Å². The molecule has 0 spiro atoms. The standard InChI is InChI=1S/C22H25FN4O4/c1-14(28)24-12-18-13-27(22(30)31-18)16-3-4-19(20(23)10-16)15-2-5-21(25-11-15)26-8-6-17(29)7-9-26/h2-5,10-11,17-18,29H,6-9,12-13H2,1H3,(H,24,28)/t18-/m0/s1. The van der Waals surface area contributed by atoms with Crippen LogP contribution in [0.4, 0.5) is 20.7 Å². The van der Waals surface area contributed by atoms with Gasteiger partial charge in [-0.2, -0.15) is 0 Å². The zero-order chi connectivity index (χ0) is 22.0. The summed E-state index contributed by atoms with van der Waals surface area (Å²) in [5, 5.41) is 12.3. The molecular formula is C22H25FN4O4. The molecule has 0 radical (unpaired) electrons. The number of carbonyl (C=O) groups excluding carboxylic acids is 2. The van der Waals surface area contributed by atoms with Gasteiger partial charge in [0, 0.05) is 37.3 Å². The summed E-state index contributed by atoms with van der Waals surface area (Å²) in [4.78, 5) is 31.1. The second-order valence-corrected chi connectivity index (χ2v) is 7.84. The van der Waals surface area contributed by atoms with E-state index in [1.165, 1.54) is 17.9 Å². The van der Waals surface area contributed by atoms with Crippen molar-refractivity contribution in [3.8, 4) is 11.1 Å². The Bertz CT molecular complexity index is 960. The third kappa shape index (κ3) is 4.77. The summed E-state index contributed by atoms with van der Waals surface area (Å²) in [7, 11) is 0. The van der Waals surface area contributed by atoms with Gasteiger partial charge < -0.3 is 20.1 Å². The molecule has 2 aliphatic heterocycles. The van der Waals surface area contributed by atoms with Crippen molar-refractivity contribution in [3.05, 3.63) is 42.3 Å². The predicted octanol–water partition coefficient (Wildman–Crippen LogP) is 2.31. The van der Waals surface area contributed by atoms with E-state index in [0.29, 0.717) is 29.7 Å². The summed E-state index contributed by atoms with van der Waals surface area (Å²) in [5.41, 5.74) is 1.42. The first-order chi connectivity index (χ1) is 14.9. The average molecular weight is 428 g/mol. The minimum Gasteiger partial charge on any atom is -0.442 e. The average Bonchev–Trinajstić information content (AvgIpc) is 3.13. The SMILES string of the molecule is CC(=O)NC[C@H]1CN(c2ccc(-c3ccc(N4CCC(O)CC4)nc3)c(F)c2)C(=O)O1. The van der Waals surface area contributed by atoms with E-state index >= 15 is 0 Å². The highest BCUT2D eigenvalue weighted by molar-refractivity contribution is 5.90. The van der Waals surface area contributed by atoms with Crippen LogP contribution in [-0.4, -0.2) is 60.5 Å². The lowest BCUT2D eigenvalue weighted by Gasteiger charge is -2.30. The van der Waals surface area contributed by atoms with Crippen molar-refractivity contribution >= 4 is 23.5 Å². The number of aromatic nitrogens is 1. The molecule has 0 unspecified atom stereocenters. The van der Waals surface area contributed by atoms with Crippen molar-refractivity contribution in [1.82, 2.24) is 10.3 Å². The number of nitrogens with zero attached hydrogens (tertiary/aromatic N) is 3. The summed E-state index contributed by atoms with van der Waals surface area (Å²) < 4.78 is 20.1. The Morgan fingerprint density at radius 3 is 2.71 bits per heavy atom. The number of aliphatic hydroxyl groups excluding tert-OH is 1. The van der Waals surface area contributed by atoms with Crippen LogP contribution in [0.5, 0.6) is 0 Å². The predicted molar refractivity (Wildman–Crippen MR) is 113 cm³/mol. The lowest BCUT2D eigenvalue weighted by atomic mass is 10.1. The molecule has 1 atom stereocenters. The van der Waals surface area contributed by atoms with Gasteiger partial charge in [-0.3, -0.25) is 9.69 Å². The van der Waals surface area contributed by atoms with E-state index in [-0.39, 0.29) is 25.1 Å². The van der Waals surface area contributed by atoms with Gasteiger partial charge in [0.2, 0.25) is 5.91 Å². The lowest BCUT2D eigenvalue weighted by molar-refractivity contribution is -0.119. The number of hydrogen-bond acceptors (Lipinski definition) is 6. The summed E-state index contributed by atoms with van der Waals surface area (Å²) in [6.45, 7) is 3.32. The molecule has 2 saturated heterocycles. The topological polar surface area (TPSA) is 95.0 Å². The number of halogens is 1. The number of aliphatic hydroxyl groups is 1. The maximum atomic E-state index is 14.9. The van der Waals surface area contributed by atoms with E-state index in [4.69, 9.17) is 4.74 Å². The molecule has 2 N–H and O–H groups in total. The molecule has 2 aromatic rings. The van der Waals surface area contributed by atoms with Gasteiger partial charge >= 0.3 is 6.09 Å². The van der Waals surface area contributed by atoms with Gasteiger partial charge in [-0.05, 0) is 43.2 Å². The van der Waals surface area contributed by atoms with E-state index in [1.54, 1.807) is 18.3 Å². The smallest absolute Gasteiger partial charge is 0.414 e. The van der Waals surface area contributed by atoms with E-state index in [2.05, 4.69) is 15.2 Å². The molecular weight excluding hydrogens is 403 g/mol. The monoisotopic (exact) mass is 428 g/mol. The number of pyridine rings is 1. The Labute approximate surface area is 179 Å². The maximum Gasteiger partial charge on any atom is 0.414 e. The van der Waals surface area contributed by atoms with Crippen LogP contribution in [0.15, 0.2) is 36.5 Å². The zero-order valence-corrected chi connectivity index (χ0v) is 17.3. The van der Waals surface area contributed by atoms with E-state index < -0.39 is 18.0 Å². The van der Waals surface area contributed by atoms with Crippen LogP contribution in [0.2, 0.25) is 0 Å². The van der Waals surface area contributed by atoms with Gasteiger partial charge in [0.15, 0.2) is 0 Å². The van der Waals surface area contributed by atoms with Gasteiger partial charge in [-0.15, -0.1) is 0 Å². The van der Waals surface area contributed by atoms with Crippen molar-refractivity contribution in [2.45, 2.75) is 32.0 Å². The van der Waals surface area contributed by atoms with Gasteiger partial charge in [0.1, 0.15) is 17.7 Å². The number of amides is 2. The first-order valence-electron chi connectivity index (χ1n) is 10.3. The second-order valence-electron chi connectivity index (χ2n) is 7.84. The zero-order valence-electron chi connectivity index (χ0n) is 17.3. The quantitative estimate of drug-likeness (QED) is 0.759. The van der Waals surface area contributed by atoms with Crippen LogP contribution in [0.1, 0.15) is 19.8 Å². The first-order valence-corrected chi connectivity index (χ1v) is 10.3. The summed E-state index contributed by atoms with van der Waals surface area (Å²) in [6.07, 6.45) is 1.75. The molecule has 3 heterocycles. The fourth-order valence-electron chi connectivity index (χ4n) is 3.83. The molecule has 9 heteroatoms. The Morgan fingerprint density at radius 1 is 1.29 bits per heavy atom. The number of cyclic esters (lactones) is 1. The molecule has 31 heavy (non-hydrogen) atoms. The van der Waals surface area contributed by atoms with Crippen LogP contribution < -0.4 is 15.1 Å². The van der Waals surface area contributed by atoms with Crippen LogP contribution in [0, 0.1) is 5.82 Å². The Hall–Kier alpha value is -3.20. The highest BCUT2D eigenvalue weighted by Gasteiger charge is 2.32. The number of ether oxygens (including phenoxy) is 1. The number of anilines is 2. The van der Waals surface area contributed by atoms with Crippen molar-refractivity contribution in [2.75, 3.05) is 36.0 Å². The Kier molecular flexibility index (Phi) is 6.03. The van der Waals surface area contributed by atoms with Crippen molar-refractivity contribution in [1.29, 1.82) is 0 Å². The number of rotatable bonds is 5. The molecule has 0 bridgehead atoms. The fourth-order valence-corrected chi connectivity index (χ4v) is 3.83. The first kappa shape index (κ1) is 21.0. The van der Waals surface area contributed by atoms with Gasteiger partial charge in [-0.1, -0.05) is 0 Å². The molecule has 8 nitrogen and oxygen atoms in total. The molecule has 0 saturated carbocycles. The second kappa shape index (κ2) is 8.89. The molecule has 2 fully saturated rings. The lowest BCUT2D eigenvalue weighted by Crippen LogP contribution is -2.36. The number of carbonyl (C=O) groups is 2. The largest absolute Gasteiger partial charge is 0.442 e. The third-order valence-corrected chi connectivity index (χ3v) is 5.56. The van der Waals surface area contributed by atoms with E-state index in [0.717, 1.165) is 18.9 Å². The van der Waals surface area contributed by atoms with Gasteiger partial charge in [0.25, 0.3) is 0 Å². The van der Waals surface area contributed by atoms with Gasteiger partial charge in [0.05, 0.1) is 24.9 Å². The molecule has 164 valence electrons. The van der Waals surface area contributed by atoms with Crippen LogP contribution in [0.25, 0.3) is 11.1 Å². The van der Waals surface area contributed by atoms with Gasteiger partial charge in [-0.25, -0.2) is 14.2 Å². The Morgan fingerprint density at radius 2 is 2.06 bits per heavy atom. The van der Waals surface area contributed by atoms with Crippen molar-refractivity contribution < 1.29 is 23.8 Å². The summed E-state index contributed by atoms with van der Waals surface area (Å²) in [5.74, 6) is 0.131. The Balaban J connectivity index is 1.45. The van der Waals surface area contributed by atoms with Crippen LogP contribution in [-0.2, 0) is 9.53 Å². The van der Waals surface area contributed by atoms with E-state index in [9.17, 15) is 19.1 Å². The normalized spacial score (nSPS) is 19.5. The van der Waals surface area contributed by atoms with Crippen LogP contribution >= 0.6 is 0 Å². The number of nitrogens with one attached hydrogen (secondary N) is 1. The maximum absolute atomic E-state index is 14.9. The molecule has 1 aromatic heterocycles.